The van der Waals surface area contributed by atoms with Gasteiger partial charge in [-0.3, -0.25) is 5.21 Å². The van der Waals surface area contributed by atoms with Gasteiger partial charge in [-0.15, -0.1) is 0 Å². The number of hydrogen-bond donors (Lipinski definition) is 2. The van der Waals surface area contributed by atoms with Crippen LogP contribution in [-0.2, 0) is 6.42 Å². The van der Waals surface area contributed by atoms with Gasteiger partial charge in [0.25, 0.3) is 0 Å². The summed E-state index contributed by atoms with van der Waals surface area (Å²) in [5.74, 6) is 0.609. The second kappa shape index (κ2) is 5.68. The van der Waals surface area contributed by atoms with Crippen LogP contribution in [-0.4, -0.2) is 16.3 Å². The Morgan fingerprint density at radius 2 is 1.82 bits per heavy atom. The van der Waals surface area contributed by atoms with Crippen molar-refractivity contribution in [1.82, 2.24) is 5.06 Å². The molecule has 4 heteroatoms. The average Bonchev–Trinajstić information content (AvgIpc) is 2.27. The number of hydroxylamine groups is 2. The van der Waals surface area contributed by atoms with Gasteiger partial charge < -0.3 is 5.73 Å². The van der Waals surface area contributed by atoms with Crippen molar-refractivity contribution in [2.45, 2.75) is 33.2 Å². The summed E-state index contributed by atoms with van der Waals surface area (Å²) < 4.78 is 0. The first kappa shape index (κ1) is 13.5. The van der Waals surface area contributed by atoms with E-state index in [2.05, 4.69) is 13.8 Å². The summed E-state index contributed by atoms with van der Waals surface area (Å²) in [6, 6.07) is 6.58. The molecule has 0 aliphatic carbocycles. The van der Waals surface area contributed by atoms with E-state index >= 15 is 0 Å². The van der Waals surface area contributed by atoms with Gasteiger partial charge in [0.2, 0.25) is 0 Å². The minimum atomic E-state index is -0.844. The van der Waals surface area contributed by atoms with Gasteiger partial charge >= 0.3 is 6.03 Å². The Bertz CT molecular complexity index is 374. The minimum absolute atomic E-state index is 0.430. The van der Waals surface area contributed by atoms with Crippen LogP contribution in [0.25, 0.3) is 0 Å². The van der Waals surface area contributed by atoms with Gasteiger partial charge in [0.05, 0.1) is 6.04 Å². The summed E-state index contributed by atoms with van der Waals surface area (Å²) in [4.78, 5) is 10.8. The van der Waals surface area contributed by atoms with Gasteiger partial charge in [0, 0.05) is 0 Å². The van der Waals surface area contributed by atoms with Crippen molar-refractivity contribution in [3.8, 4) is 0 Å². The Morgan fingerprint density at radius 3 is 2.24 bits per heavy atom. The molecule has 0 radical (unpaired) electrons. The molecule has 0 bridgehead atoms. The highest BCUT2D eigenvalue weighted by Gasteiger charge is 2.16. The highest BCUT2D eigenvalue weighted by molar-refractivity contribution is 5.71. The first-order chi connectivity index (χ1) is 7.91. The van der Waals surface area contributed by atoms with E-state index in [1.54, 1.807) is 6.92 Å². The SMILES string of the molecule is CC(C)Cc1ccc([C@H](C)N(O)C(N)=O)cc1. The largest absolute Gasteiger partial charge is 0.350 e. The predicted octanol–water partition coefficient (Wildman–Crippen LogP) is 2.72. The summed E-state index contributed by atoms with van der Waals surface area (Å²) >= 11 is 0. The fraction of sp³-hybridized carbons (Fsp3) is 0.462. The Morgan fingerprint density at radius 1 is 1.29 bits per heavy atom. The lowest BCUT2D eigenvalue weighted by Crippen LogP contribution is -2.34. The second-order valence-electron chi connectivity index (χ2n) is 4.70. The molecule has 17 heavy (non-hydrogen) atoms. The monoisotopic (exact) mass is 236 g/mol. The maximum atomic E-state index is 10.8. The number of primary amides is 1. The summed E-state index contributed by atoms with van der Waals surface area (Å²) in [7, 11) is 0. The molecule has 0 aromatic heterocycles. The third kappa shape index (κ3) is 3.75. The van der Waals surface area contributed by atoms with Crippen LogP contribution in [0.2, 0.25) is 0 Å². The molecular weight excluding hydrogens is 216 g/mol. The summed E-state index contributed by atoms with van der Waals surface area (Å²) in [5, 5.41) is 9.96. The van der Waals surface area contributed by atoms with Crippen LogP contribution in [0.15, 0.2) is 24.3 Å². The van der Waals surface area contributed by atoms with Gasteiger partial charge in [0.15, 0.2) is 0 Å². The van der Waals surface area contributed by atoms with Crippen LogP contribution in [0.4, 0.5) is 4.79 Å². The highest BCUT2D eigenvalue weighted by atomic mass is 16.5. The number of nitrogens with two attached hydrogens (primary N) is 1. The van der Waals surface area contributed by atoms with Crippen molar-refractivity contribution in [2.75, 3.05) is 0 Å². The fourth-order valence-corrected chi connectivity index (χ4v) is 1.74. The Labute approximate surface area is 102 Å². The number of carbonyl (C=O) groups excluding carboxylic acids is 1. The molecule has 3 N–H and O–H groups in total. The third-order valence-electron chi connectivity index (χ3n) is 2.70. The number of urea groups is 1. The molecule has 2 amide bonds. The highest BCUT2D eigenvalue weighted by Crippen LogP contribution is 2.19. The van der Waals surface area contributed by atoms with Crippen LogP contribution in [0.1, 0.15) is 37.9 Å². The van der Waals surface area contributed by atoms with Crippen molar-refractivity contribution >= 4 is 6.03 Å². The zero-order valence-corrected chi connectivity index (χ0v) is 10.6. The van der Waals surface area contributed by atoms with Crippen molar-refractivity contribution in [3.05, 3.63) is 35.4 Å². The number of rotatable bonds is 4. The second-order valence-corrected chi connectivity index (χ2v) is 4.70. The normalized spacial score (nSPS) is 12.5. The Hall–Kier alpha value is -1.55. The number of hydrogen-bond acceptors (Lipinski definition) is 2. The zero-order valence-electron chi connectivity index (χ0n) is 10.6. The quantitative estimate of drug-likeness (QED) is 0.623. The molecular formula is C13H20N2O2. The molecule has 4 nitrogen and oxygen atoms in total. The van der Waals surface area contributed by atoms with Gasteiger partial charge in [0.1, 0.15) is 0 Å². The molecule has 0 unspecified atom stereocenters. The van der Waals surface area contributed by atoms with E-state index in [1.165, 1.54) is 5.56 Å². The molecule has 1 atom stereocenters. The topological polar surface area (TPSA) is 66.6 Å². The molecule has 0 saturated heterocycles. The zero-order chi connectivity index (χ0) is 13.0. The molecule has 0 spiro atoms. The van der Waals surface area contributed by atoms with Gasteiger partial charge in [-0.25, -0.2) is 4.79 Å². The van der Waals surface area contributed by atoms with Gasteiger partial charge in [-0.1, -0.05) is 38.1 Å². The summed E-state index contributed by atoms with van der Waals surface area (Å²) in [5.41, 5.74) is 7.12. The van der Waals surface area contributed by atoms with Crippen LogP contribution in [0.3, 0.4) is 0 Å². The summed E-state index contributed by atoms with van der Waals surface area (Å²) in [6.07, 6.45) is 1.02. The van der Waals surface area contributed by atoms with Crippen molar-refractivity contribution in [2.24, 2.45) is 11.7 Å². The molecule has 0 aliphatic heterocycles. The lowest BCUT2D eigenvalue weighted by atomic mass is 10.00. The first-order valence-electron chi connectivity index (χ1n) is 5.78. The molecule has 1 aromatic carbocycles. The van der Waals surface area contributed by atoms with E-state index in [4.69, 9.17) is 5.73 Å². The van der Waals surface area contributed by atoms with Crippen LogP contribution < -0.4 is 5.73 Å². The van der Waals surface area contributed by atoms with Crippen LogP contribution in [0.5, 0.6) is 0 Å². The van der Waals surface area contributed by atoms with Crippen LogP contribution >= 0.6 is 0 Å². The van der Waals surface area contributed by atoms with Crippen molar-refractivity contribution in [3.63, 3.8) is 0 Å². The van der Waals surface area contributed by atoms with E-state index < -0.39 is 12.1 Å². The Balaban J connectivity index is 2.76. The third-order valence-corrected chi connectivity index (χ3v) is 2.70. The van der Waals surface area contributed by atoms with E-state index in [9.17, 15) is 10.0 Å². The van der Waals surface area contributed by atoms with Gasteiger partial charge in [-0.2, -0.15) is 5.06 Å². The number of carbonyl (C=O) groups is 1. The van der Waals surface area contributed by atoms with E-state index in [1.807, 2.05) is 24.3 Å². The van der Waals surface area contributed by atoms with Crippen molar-refractivity contribution in [1.29, 1.82) is 0 Å². The van der Waals surface area contributed by atoms with E-state index in [-0.39, 0.29) is 0 Å². The first-order valence-corrected chi connectivity index (χ1v) is 5.78. The molecule has 1 aromatic rings. The lowest BCUT2D eigenvalue weighted by Gasteiger charge is -2.21. The maximum Gasteiger partial charge on any atom is 0.339 e. The number of benzene rings is 1. The van der Waals surface area contributed by atoms with E-state index in [0.29, 0.717) is 11.0 Å². The van der Waals surface area contributed by atoms with E-state index in [0.717, 1.165) is 12.0 Å². The predicted molar refractivity (Wildman–Crippen MR) is 66.6 cm³/mol. The number of amides is 2. The standard InChI is InChI=1S/C13H20N2O2/c1-9(2)8-11-4-6-12(7-5-11)10(3)15(17)13(14)16/h4-7,9-10,17H,8H2,1-3H3,(H2,14,16)/t10-/m0/s1. The molecule has 0 heterocycles. The summed E-state index contributed by atoms with van der Waals surface area (Å²) in [6.45, 7) is 6.06. The Kier molecular flexibility index (Phi) is 4.52. The molecule has 94 valence electrons. The molecule has 0 saturated carbocycles. The number of nitrogens with zero attached hydrogens (tertiary/aromatic N) is 1. The molecule has 0 aliphatic rings. The van der Waals surface area contributed by atoms with Crippen LogP contribution in [0, 0.1) is 5.92 Å². The van der Waals surface area contributed by atoms with Gasteiger partial charge in [-0.05, 0) is 30.4 Å². The smallest absolute Gasteiger partial charge is 0.339 e. The fourth-order valence-electron chi connectivity index (χ4n) is 1.74. The van der Waals surface area contributed by atoms with Crippen molar-refractivity contribution < 1.29 is 10.0 Å². The molecule has 1 rings (SSSR count). The lowest BCUT2D eigenvalue weighted by molar-refractivity contribution is -0.0710. The minimum Gasteiger partial charge on any atom is -0.350 e. The average molecular weight is 236 g/mol. The maximum absolute atomic E-state index is 10.8. The molecule has 0 fully saturated rings.